The third-order valence-electron chi connectivity index (χ3n) is 3.63. The van der Waals surface area contributed by atoms with Crippen LogP contribution >= 0.6 is 0 Å². The van der Waals surface area contributed by atoms with E-state index in [9.17, 15) is 9.90 Å². The van der Waals surface area contributed by atoms with E-state index in [1.807, 2.05) is 0 Å². The Balaban J connectivity index is 1.45. The lowest BCUT2D eigenvalue weighted by atomic mass is 10.2. The Morgan fingerprint density at radius 3 is 2.81 bits per heavy atom. The molecule has 6 heteroatoms. The summed E-state index contributed by atoms with van der Waals surface area (Å²) in [6.45, 7) is 1.70. The predicted octanol–water partition coefficient (Wildman–Crippen LogP) is 0.757. The predicted molar refractivity (Wildman–Crippen MR) is 77.7 cm³/mol. The lowest BCUT2D eigenvalue weighted by molar-refractivity contribution is -0.115. The molecular weight excluding hydrogens is 272 g/mol. The lowest BCUT2D eigenvalue weighted by Gasteiger charge is -2.19. The first-order chi connectivity index (χ1) is 10.2. The van der Waals surface area contributed by atoms with Gasteiger partial charge in [-0.15, -0.1) is 0 Å². The number of ether oxygens (including phenoxy) is 2. The number of fused-ring (bicyclic) bond motifs is 1. The van der Waals surface area contributed by atoms with Crippen LogP contribution < -0.4 is 20.1 Å². The molecule has 1 aromatic rings. The summed E-state index contributed by atoms with van der Waals surface area (Å²) in [6, 6.07) is 5.32. The minimum atomic E-state index is -0.341. The lowest BCUT2D eigenvalue weighted by Crippen LogP contribution is -2.34. The number of aliphatic hydroxyl groups is 1. The highest BCUT2D eigenvalue weighted by atomic mass is 16.6. The van der Waals surface area contributed by atoms with Crippen molar-refractivity contribution in [3.63, 3.8) is 0 Å². The van der Waals surface area contributed by atoms with Crippen LogP contribution in [0.3, 0.4) is 0 Å². The van der Waals surface area contributed by atoms with Crippen molar-refractivity contribution in [2.24, 2.45) is 5.92 Å². The van der Waals surface area contributed by atoms with Crippen LogP contribution in [-0.4, -0.2) is 43.4 Å². The Labute approximate surface area is 123 Å². The van der Waals surface area contributed by atoms with Crippen LogP contribution in [0.15, 0.2) is 18.2 Å². The van der Waals surface area contributed by atoms with Crippen LogP contribution in [0.4, 0.5) is 5.69 Å². The highest BCUT2D eigenvalue weighted by molar-refractivity contribution is 5.92. The van der Waals surface area contributed by atoms with Crippen molar-refractivity contribution in [2.45, 2.75) is 18.9 Å². The Morgan fingerprint density at radius 2 is 2.05 bits per heavy atom. The van der Waals surface area contributed by atoms with E-state index in [2.05, 4.69) is 10.6 Å². The molecule has 0 spiro atoms. The molecule has 1 aliphatic heterocycles. The monoisotopic (exact) mass is 292 g/mol. The molecule has 1 atom stereocenters. The third kappa shape index (κ3) is 3.86. The largest absolute Gasteiger partial charge is 0.486 e. The summed E-state index contributed by atoms with van der Waals surface area (Å²) in [7, 11) is 0. The summed E-state index contributed by atoms with van der Waals surface area (Å²) in [5.74, 6) is 1.62. The maximum absolute atomic E-state index is 11.8. The maximum Gasteiger partial charge on any atom is 0.238 e. The summed E-state index contributed by atoms with van der Waals surface area (Å²) in [5, 5.41) is 15.5. The van der Waals surface area contributed by atoms with E-state index >= 15 is 0 Å². The van der Waals surface area contributed by atoms with E-state index in [0.29, 0.717) is 42.9 Å². The zero-order valence-corrected chi connectivity index (χ0v) is 11.8. The van der Waals surface area contributed by atoms with Crippen LogP contribution in [0.5, 0.6) is 11.5 Å². The molecule has 0 radical (unpaired) electrons. The first-order valence-corrected chi connectivity index (χ1v) is 7.30. The number of anilines is 1. The number of carbonyl (C=O) groups is 1. The second-order valence-corrected chi connectivity index (χ2v) is 5.44. The van der Waals surface area contributed by atoms with Gasteiger partial charge in [-0.2, -0.15) is 0 Å². The van der Waals surface area contributed by atoms with Gasteiger partial charge in [0.15, 0.2) is 11.5 Å². The maximum atomic E-state index is 11.8. The third-order valence-corrected chi connectivity index (χ3v) is 3.63. The van der Waals surface area contributed by atoms with Gasteiger partial charge in [0.25, 0.3) is 0 Å². The number of hydrogen-bond donors (Lipinski definition) is 3. The second-order valence-electron chi connectivity index (χ2n) is 5.44. The average Bonchev–Trinajstić information content (AvgIpc) is 3.31. The fourth-order valence-electron chi connectivity index (χ4n) is 2.31. The van der Waals surface area contributed by atoms with E-state index in [1.165, 1.54) is 0 Å². The molecule has 3 rings (SSSR count). The molecule has 0 aromatic heterocycles. The molecule has 21 heavy (non-hydrogen) atoms. The minimum Gasteiger partial charge on any atom is -0.486 e. The van der Waals surface area contributed by atoms with Crippen molar-refractivity contribution in [3.05, 3.63) is 18.2 Å². The van der Waals surface area contributed by atoms with Crippen molar-refractivity contribution >= 4 is 11.6 Å². The average molecular weight is 292 g/mol. The number of carbonyl (C=O) groups excluding carboxylic acids is 1. The molecule has 1 fully saturated rings. The highest BCUT2D eigenvalue weighted by Crippen LogP contribution is 2.33. The van der Waals surface area contributed by atoms with Crippen LogP contribution in [0.25, 0.3) is 0 Å². The van der Waals surface area contributed by atoms with Crippen molar-refractivity contribution in [2.75, 3.05) is 31.6 Å². The van der Waals surface area contributed by atoms with Crippen molar-refractivity contribution in [3.8, 4) is 11.5 Å². The number of aliphatic hydroxyl groups excluding tert-OH is 1. The Bertz CT molecular complexity index is 516. The van der Waals surface area contributed by atoms with E-state index < -0.39 is 0 Å². The summed E-state index contributed by atoms with van der Waals surface area (Å²) in [6.07, 6.45) is 1.84. The van der Waals surface area contributed by atoms with Gasteiger partial charge in [0.05, 0.1) is 12.6 Å². The smallest absolute Gasteiger partial charge is 0.238 e. The number of amides is 1. The highest BCUT2D eigenvalue weighted by Gasteiger charge is 2.29. The number of benzene rings is 1. The molecule has 114 valence electrons. The molecule has 1 saturated carbocycles. The van der Waals surface area contributed by atoms with Crippen LogP contribution in [0.1, 0.15) is 12.8 Å². The Kier molecular flexibility index (Phi) is 4.26. The summed E-state index contributed by atoms with van der Waals surface area (Å²) in [5.41, 5.74) is 0.675. The van der Waals surface area contributed by atoms with Gasteiger partial charge in [0.2, 0.25) is 5.91 Å². The normalized spacial score (nSPS) is 18.1. The van der Waals surface area contributed by atoms with E-state index in [1.54, 1.807) is 18.2 Å². The molecule has 6 nitrogen and oxygen atoms in total. The van der Waals surface area contributed by atoms with E-state index in [-0.39, 0.29) is 18.6 Å². The standard InChI is InChI=1S/C15H20N2O4/c18-12(10-1-2-10)8-16-9-15(19)17-11-3-4-13-14(7-11)21-6-5-20-13/h3-4,7,10,12,16,18H,1-2,5-6,8-9H2,(H,17,19). The van der Waals surface area contributed by atoms with Gasteiger partial charge in [0.1, 0.15) is 13.2 Å². The van der Waals surface area contributed by atoms with E-state index in [4.69, 9.17) is 9.47 Å². The van der Waals surface area contributed by atoms with Crippen LogP contribution in [0.2, 0.25) is 0 Å². The molecule has 2 aliphatic rings. The van der Waals surface area contributed by atoms with Gasteiger partial charge in [-0.1, -0.05) is 0 Å². The first-order valence-electron chi connectivity index (χ1n) is 7.30. The molecule has 0 bridgehead atoms. The van der Waals surface area contributed by atoms with Gasteiger partial charge in [0, 0.05) is 18.3 Å². The van der Waals surface area contributed by atoms with Gasteiger partial charge in [-0.05, 0) is 30.9 Å². The fourth-order valence-corrected chi connectivity index (χ4v) is 2.31. The summed E-state index contributed by atoms with van der Waals surface area (Å²) in [4.78, 5) is 11.8. The van der Waals surface area contributed by atoms with Crippen molar-refractivity contribution < 1.29 is 19.4 Å². The van der Waals surface area contributed by atoms with Crippen molar-refractivity contribution in [1.29, 1.82) is 0 Å². The SMILES string of the molecule is O=C(CNCC(O)C1CC1)Nc1ccc2c(c1)OCCO2. The van der Waals surface area contributed by atoms with Gasteiger partial charge >= 0.3 is 0 Å². The van der Waals surface area contributed by atoms with Crippen LogP contribution in [0, 0.1) is 5.92 Å². The zero-order valence-electron chi connectivity index (χ0n) is 11.8. The van der Waals surface area contributed by atoms with Crippen molar-refractivity contribution in [1.82, 2.24) is 5.32 Å². The molecule has 1 amide bonds. The minimum absolute atomic E-state index is 0.144. The fraction of sp³-hybridized carbons (Fsp3) is 0.533. The zero-order chi connectivity index (χ0) is 14.7. The second kappa shape index (κ2) is 6.32. The molecular formula is C15H20N2O4. The quantitative estimate of drug-likeness (QED) is 0.721. The number of rotatable bonds is 6. The summed E-state index contributed by atoms with van der Waals surface area (Å²) < 4.78 is 10.9. The van der Waals surface area contributed by atoms with Gasteiger partial charge in [-0.25, -0.2) is 0 Å². The van der Waals surface area contributed by atoms with E-state index in [0.717, 1.165) is 12.8 Å². The Hall–Kier alpha value is -1.79. The topological polar surface area (TPSA) is 79.8 Å². The molecule has 3 N–H and O–H groups in total. The molecule has 1 heterocycles. The molecule has 1 aliphatic carbocycles. The number of nitrogens with one attached hydrogen (secondary N) is 2. The van der Waals surface area contributed by atoms with Crippen LogP contribution in [-0.2, 0) is 4.79 Å². The molecule has 0 saturated heterocycles. The van der Waals surface area contributed by atoms with Gasteiger partial charge in [-0.3, -0.25) is 4.79 Å². The van der Waals surface area contributed by atoms with Gasteiger partial charge < -0.3 is 25.2 Å². The molecule has 1 unspecified atom stereocenters. The summed E-state index contributed by atoms with van der Waals surface area (Å²) >= 11 is 0. The number of hydrogen-bond acceptors (Lipinski definition) is 5. The first kappa shape index (κ1) is 14.2. The Morgan fingerprint density at radius 1 is 1.29 bits per heavy atom. The molecule has 1 aromatic carbocycles.